The Kier molecular flexibility index (Phi) is 6.40. The van der Waals surface area contributed by atoms with Crippen LogP contribution in [-0.2, 0) is 4.74 Å². The molecule has 2 aliphatic heterocycles. The SMILES string of the molecule is CN1CCN(c2ccc(-c3nc(NCCN4CCOCC4)c4[nH]c(Cl)nc4n3)cc2)CC1. The normalized spacial score (nSPS) is 18.4. The number of aromatic amines is 1. The molecule has 3 aromatic rings. The first-order chi connectivity index (χ1) is 15.7. The van der Waals surface area contributed by atoms with Gasteiger partial charge in [0, 0.05) is 63.6 Å². The third-order valence-electron chi connectivity index (χ3n) is 6.14. The van der Waals surface area contributed by atoms with Crippen molar-refractivity contribution < 1.29 is 4.74 Å². The average Bonchev–Trinajstić information content (AvgIpc) is 3.21. The van der Waals surface area contributed by atoms with Crippen molar-refractivity contribution in [3.8, 4) is 11.4 Å². The van der Waals surface area contributed by atoms with Crippen LogP contribution in [0, 0.1) is 0 Å². The Bertz CT molecular complexity index is 1040. The lowest BCUT2D eigenvalue weighted by Gasteiger charge is -2.34. The highest BCUT2D eigenvalue weighted by molar-refractivity contribution is 6.29. The van der Waals surface area contributed by atoms with Gasteiger partial charge in [-0.3, -0.25) is 4.90 Å². The van der Waals surface area contributed by atoms with Gasteiger partial charge in [0.05, 0.1) is 13.2 Å². The average molecular weight is 457 g/mol. The summed E-state index contributed by atoms with van der Waals surface area (Å²) in [7, 11) is 2.17. The molecule has 2 fully saturated rings. The van der Waals surface area contributed by atoms with E-state index in [1.54, 1.807) is 0 Å². The third kappa shape index (κ3) is 4.80. The fourth-order valence-corrected chi connectivity index (χ4v) is 4.34. The summed E-state index contributed by atoms with van der Waals surface area (Å²) in [5.74, 6) is 1.36. The van der Waals surface area contributed by atoms with Crippen LogP contribution in [0.25, 0.3) is 22.6 Å². The Morgan fingerprint density at radius 3 is 2.50 bits per heavy atom. The monoisotopic (exact) mass is 456 g/mol. The second kappa shape index (κ2) is 9.58. The van der Waals surface area contributed by atoms with Crippen molar-refractivity contribution >= 4 is 34.3 Å². The van der Waals surface area contributed by atoms with E-state index < -0.39 is 0 Å². The molecule has 32 heavy (non-hydrogen) atoms. The lowest BCUT2D eigenvalue weighted by molar-refractivity contribution is 0.0398. The van der Waals surface area contributed by atoms with Crippen molar-refractivity contribution in [1.29, 1.82) is 0 Å². The maximum Gasteiger partial charge on any atom is 0.202 e. The van der Waals surface area contributed by atoms with E-state index in [4.69, 9.17) is 21.3 Å². The molecule has 5 rings (SSSR count). The predicted molar refractivity (Wildman–Crippen MR) is 128 cm³/mol. The first-order valence-corrected chi connectivity index (χ1v) is 11.5. The van der Waals surface area contributed by atoms with Gasteiger partial charge in [-0.15, -0.1) is 0 Å². The molecule has 2 aliphatic rings. The largest absolute Gasteiger partial charge is 0.379 e. The summed E-state index contributed by atoms with van der Waals surface area (Å²) in [5, 5.41) is 3.76. The molecule has 2 N–H and O–H groups in total. The molecular weight excluding hydrogens is 428 g/mol. The summed E-state index contributed by atoms with van der Waals surface area (Å²) < 4.78 is 5.43. The molecule has 0 saturated carbocycles. The Morgan fingerprint density at radius 1 is 1.00 bits per heavy atom. The third-order valence-corrected chi connectivity index (χ3v) is 6.32. The minimum absolute atomic E-state index is 0.313. The molecule has 0 amide bonds. The van der Waals surface area contributed by atoms with Crippen LogP contribution in [0.4, 0.5) is 11.5 Å². The number of anilines is 2. The molecule has 0 spiro atoms. The quantitative estimate of drug-likeness (QED) is 0.546. The van der Waals surface area contributed by atoms with Gasteiger partial charge in [0.15, 0.2) is 17.3 Å². The van der Waals surface area contributed by atoms with Gasteiger partial charge in [-0.1, -0.05) is 0 Å². The van der Waals surface area contributed by atoms with Gasteiger partial charge in [0.25, 0.3) is 0 Å². The van der Waals surface area contributed by atoms with Gasteiger partial charge in [0.2, 0.25) is 5.28 Å². The van der Waals surface area contributed by atoms with Crippen molar-refractivity contribution in [1.82, 2.24) is 29.7 Å². The van der Waals surface area contributed by atoms with Crippen LogP contribution in [0.15, 0.2) is 24.3 Å². The number of ether oxygens (including phenoxy) is 1. The van der Waals surface area contributed by atoms with E-state index >= 15 is 0 Å². The zero-order valence-electron chi connectivity index (χ0n) is 18.3. The number of likely N-dealkylation sites (N-methyl/N-ethyl adjacent to an activating group) is 1. The molecule has 2 aromatic heterocycles. The van der Waals surface area contributed by atoms with Crippen LogP contribution >= 0.6 is 11.6 Å². The Hall–Kier alpha value is -2.46. The number of nitrogens with one attached hydrogen (secondary N) is 2. The maximum atomic E-state index is 6.13. The Labute approximate surface area is 192 Å². The molecular formula is C22H29ClN8O. The summed E-state index contributed by atoms with van der Waals surface area (Å²) in [6.07, 6.45) is 0. The van der Waals surface area contributed by atoms with Gasteiger partial charge in [-0.05, 0) is 42.9 Å². The molecule has 10 heteroatoms. The van der Waals surface area contributed by atoms with Crippen LogP contribution in [0.1, 0.15) is 0 Å². The standard InChI is InChI=1S/C22H29ClN8O/c1-29-8-10-31(11-9-29)17-4-2-16(3-5-17)19-26-20(18-21(27-19)28-22(23)25-18)24-6-7-30-12-14-32-15-13-30/h2-5H,6-15H2,1H3,(H2,24,25,26,27,28). The Balaban J connectivity index is 1.34. The highest BCUT2D eigenvalue weighted by Crippen LogP contribution is 2.26. The summed E-state index contributed by atoms with van der Waals surface area (Å²) in [4.78, 5) is 24.0. The zero-order valence-corrected chi connectivity index (χ0v) is 19.1. The number of rotatable bonds is 6. The molecule has 1 aromatic carbocycles. The van der Waals surface area contributed by atoms with E-state index in [-0.39, 0.29) is 0 Å². The topological polar surface area (TPSA) is 85.4 Å². The van der Waals surface area contributed by atoms with Crippen LogP contribution in [-0.4, -0.2) is 102 Å². The van der Waals surface area contributed by atoms with Crippen LogP contribution < -0.4 is 10.2 Å². The Morgan fingerprint density at radius 2 is 1.75 bits per heavy atom. The zero-order chi connectivity index (χ0) is 21.9. The van der Waals surface area contributed by atoms with Gasteiger partial charge in [0.1, 0.15) is 5.52 Å². The van der Waals surface area contributed by atoms with Crippen LogP contribution in [0.5, 0.6) is 0 Å². The number of H-pyrrole nitrogens is 1. The highest BCUT2D eigenvalue weighted by Gasteiger charge is 2.17. The number of halogens is 1. The summed E-state index contributed by atoms with van der Waals surface area (Å²) in [6, 6.07) is 8.47. The van der Waals surface area contributed by atoms with E-state index in [2.05, 4.69) is 66.3 Å². The maximum absolute atomic E-state index is 6.13. The summed E-state index contributed by atoms with van der Waals surface area (Å²) >= 11 is 6.13. The minimum Gasteiger partial charge on any atom is -0.379 e. The van der Waals surface area contributed by atoms with Crippen LogP contribution in [0.3, 0.4) is 0 Å². The van der Waals surface area contributed by atoms with Gasteiger partial charge in [-0.25, -0.2) is 9.97 Å². The molecule has 0 radical (unpaired) electrons. The lowest BCUT2D eigenvalue weighted by atomic mass is 10.1. The summed E-state index contributed by atoms with van der Waals surface area (Å²) in [6.45, 7) is 9.45. The molecule has 9 nitrogen and oxygen atoms in total. The van der Waals surface area contributed by atoms with E-state index in [0.717, 1.165) is 82.5 Å². The minimum atomic E-state index is 0.313. The van der Waals surface area contributed by atoms with Gasteiger partial charge >= 0.3 is 0 Å². The molecule has 4 heterocycles. The number of imidazole rings is 1. The number of hydrogen-bond acceptors (Lipinski definition) is 8. The van der Waals surface area contributed by atoms with Crippen molar-refractivity contribution in [3.05, 3.63) is 29.5 Å². The fourth-order valence-electron chi connectivity index (χ4n) is 4.17. The molecule has 2 saturated heterocycles. The fraction of sp³-hybridized carbons (Fsp3) is 0.500. The van der Waals surface area contributed by atoms with E-state index in [9.17, 15) is 0 Å². The number of piperazine rings is 1. The number of aromatic nitrogens is 4. The first kappa shape index (κ1) is 21.4. The van der Waals surface area contributed by atoms with E-state index in [1.807, 2.05) is 0 Å². The molecule has 0 atom stereocenters. The number of hydrogen-bond donors (Lipinski definition) is 2. The van der Waals surface area contributed by atoms with Crippen LogP contribution in [0.2, 0.25) is 5.28 Å². The highest BCUT2D eigenvalue weighted by atomic mass is 35.5. The second-order valence-corrected chi connectivity index (χ2v) is 8.70. The number of nitrogens with zero attached hydrogens (tertiary/aromatic N) is 6. The van der Waals surface area contributed by atoms with E-state index in [0.29, 0.717) is 16.8 Å². The molecule has 0 unspecified atom stereocenters. The van der Waals surface area contributed by atoms with Crippen molar-refractivity contribution in [2.75, 3.05) is 82.8 Å². The van der Waals surface area contributed by atoms with Gasteiger partial charge in [-0.2, -0.15) is 4.98 Å². The number of morpholine rings is 1. The van der Waals surface area contributed by atoms with Crippen molar-refractivity contribution in [2.24, 2.45) is 0 Å². The molecule has 0 aliphatic carbocycles. The van der Waals surface area contributed by atoms with Crippen molar-refractivity contribution in [3.63, 3.8) is 0 Å². The lowest BCUT2D eigenvalue weighted by Crippen LogP contribution is -2.44. The first-order valence-electron chi connectivity index (χ1n) is 11.2. The van der Waals surface area contributed by atoms with Gasteiger partial charge < -0.3 is 24.8 Å². The molecule has 170 valence electrons. The molecule has 0 bridgehead atoms. The smallest absolute Gasteiger partial charge is 0.202 e. The van der Waals surface area contributed by atoms with Crippen molar-refractivity contribution in [2.45, 2.75) is 0 Å². The predicted octanol–water partition coefficient (Wildman–Crippen LogP) is 2.17. The number of benzene rings is 1. The summed E-state index contributed by atoms with van der Waals surface area (Å²) in [5.41, 5.74) is 3.49. The van der Waals surface area contributed by atoms with E-state index in [1.165, 1.54) is 5.69 Å². The number of fused-ring (bicyclic) bond motifs is 1. The second-order valence-electron chi connectivity index (χ2n) is 8.34.